The van der Waals surface area contributed by atoms with Crippen LogP contribution in [0.25, 0.3) is 0 Å². The summed E-state index contributed by atoms with van der Waals surface area (Å²) in [7, 11) is 0. The average molecular weight is 480 g/mol. The molecule has 0 aromatic carbocycles. The lowest BCUT2D eigenvalue weighted by Gasteiger charge is -2.26. The van der Waals surface area contributed by atoms with Crippen molar-refractivity contribution in [1.29, 1.82) is 0 Å². The maximum Gasteiger partial charge on any atom is 0.191 e. The molecule has 2 heterocycles. The van der Waals surface area contributed by atoms with Crippen LogP contribution in [0, 0.1) is 0 Å². The fourth-order valence-corrected chi connectivity index (χ4v) is 2.69. The fraction of sp³-hybridized carbons (Fsp3) is 0.722. The average Bonchev–Trinajstić information content (AvgIpc) is 3.17. The molecule has 0 bridgehead atoms. The Labute approximate surface area is 173 Å². The molecule has 150 valence electrons. The van der Waals surface area contributed by atoms with E-state index < -0.39 is 0 Å². The molecule has 1 aliphatic heterocycles. The van der Waals surface area contributed by atoms with E-state index in [1.807, 2.05) is 19.1 Å². The third-order valence-electron chi connectivity index (χ3n) is 4.30. The van der Waals surface area contributed by atoms with Crippen LogP contribution in [0.4, 0.5) is 0 Å². The first-order valence-electron chi connectivity index (χ1n) is 9.30. The smallest absolute Gasteiger partial charge is 0.191 e. The number of furan rings is 1. The number of nitrogens with one attached hydrogen (secondary N) is 2. The molecule has 0 spiro atoms. The van der Waals surface area contributed by atoms with E-state index in [0.29, 0.717) is 0 Å². The zero-order valence-electron chi connectivity index (χ0n) is 15.7. The minimum absolute atomic E-state index is 0. The molecule has 0 saturated carbocycles. The molecule has 1 saturated heterocycles. The van der Waals surface area contributed by atoms with Crippen molar-refractivity contribution in [3.8, 4) is 0 Å². The molecule has 1 aliphatic rings. The van der Waals surface area contributed by atoms with Crippen molar-refractivity contribution in [2.45, 2.75) is 32.2 Å². The maximum absolute atomic E-state index is 9.41. The molecule has 0 aliphatic carbocycles. The van der Waals surface area contributed by atoms with E-state index >= 15 is 0 Å². The molecular weight excluding hydrogens is 447 g/mol. The summed E-state index contributed by atoms with van der Waals surface area (Å²) in [5.41, 5.74) is 0. The van der Waals surface area contributed by atoms with E-state index in [1.54, 1.807) is 6.26 Å². The minimum Gasteiger partial charge on any atom is -0.469 e. The molecule has 8 heteroatoms. The van der Waals surface area contributed by atoms with Gasteiger partial charge in [0, 0.05) is 39.1 Å². The Balaban J connectivity index is 0.00000338. The lowest BCUT2D eigenvalue weighted by Crippen LogP contribution is -2.45. The van der Waals surface area contributed by atoms with Gasteiger partial charge in [-0.05, 0) is 25.0 Å². The first-order valence-corrected chi connectivity index (χ1v) is 9.30. The molecule has 1 aromatic rings. The Morgan fingerprint density at radius 3 is 2.85 bits per heavy atom. The number of halogens is 1. The Hall–Kier alpha value is -0.840. The summed E-state index contributed by atoms with van der Waals surface area (Å²) in [4.78, 5) is 7.07. The van der Waals surface area contributed by atoms with Gasteiger partial charge in [0.2, 0.25) is 0 Å². The Bertz CT molecular complexity index is 475. The van der Waals surface area contributed by atoms with Gasteiger partial charge >= 0.3 is 0 Å². The number of nitrogens with zero attached hydrogens (tertiary/aromatic N) is 2. The van der Waals surface area contributed by atoms with Crippen LogP contribution in [-0.2, 0) is 11.2 Å². The van der Waals surface area contributed by atoms with Crippen molar-refractivity contribution in [3.05, 3.63) is 24.2 Å². The molecule has 26 heavy (non-hydrogen) atoms. The molecule has 0 amide bonds. The van der Waals surface area contributed by atoms with Gasteiger partial charge in [0.25, 0.3) is 0 Å². The largest absolute Gasteiger partial charge is 0.469 e. The summed E-state index contributed by atoms with van der Waals surface area (Å²) in [5.74, 6) is 1.71. The van der Waals surface area contributed by atoms with Crippen LogP contribution < -0.4 is 10.6 Å². The zero-order valence-corrected chi connectivity index (χ0v) is 18.0. The number of ether oxygens (including phenoxy) is 1. The van der Waals surface area contributed by atoms with E-state index in [9.17, 15) is 5.11 Å². The molecular formula is C18H33IN4O3. The number of guanidine groups is 1. The summed E-state index contributed by atoms with van der Waals surface area (Å²) < 4.78 is 10.7. The van der Waals surface area contributed by atoms with E-state index in [4.69, 9.17) is 9.15 Å². The van der Waals surface area contributed by atoms with Crippen molar-refractivity contribution in [3.63, 3.8) is 0 Å². The van der Waals surface area contributed by atoms with Gasteiger partial charge in [0.15, 0.2) is 5.96 Å². The molecule has 3 N–H and O–H groups in total. The van der Waals surface area contributed by atoms with Crippen molar-refractivity contribution >= 4 is 29.9 Å². The van der Waals surface area contributed by atoms with Crippen LogP contribution in [0.15, 0.2) is 27.8 Å². The van der Waals surface area contributed by atoms with Gasteiger partial charge in [-0.15, -0.1) is 24.0 Å². The summed E-state index contributed by atoms with van der Waals surface area (Å²) in [6.45, 7) is 8.38. The predicted octanol–water partition coefficient (Wildman–Crippen LogP) is 1.47. The molecule has 0 radical (unpaired) electrons. The SMILES string of the molecule is CC[C@H](CO)NC(=NCCCN1CCOCC1)NCCc1ccco1.I. The number of aliphatic imine (C=N–C) groups is 1. The highest BCUT2D eigenvalue weighted by Gasteiger charge is 2.10. The third-order valence-corrected chi connectivity index (χ3v) is 4.30. The second-order valence-corrected chi connectivity index (χ2v) is 6.23. The van der Waals surface area contributed by atoms with Crippen molar-refractivity contribution in [2.24, 2.45) is 4.99 Å². The number of aliphatic hydroxyl groups is 1. The lowest BCUT2D eigenvalue weighted by molar-refractivity contribution is 0.0377. The highest BCUT2D eigenvalue weighted by molar-refractivity contribution is 14.0. The number of hydrogen-bond donors (Lipinski definition) is 3. The summed E-state index contributed by atoms with van der Waals surface area (Å²) in [6.07, 6.45) is 4.36. The Morgan fingerprint density at radius 1 is 1.38 bits per heavy atom. The first-order chi connectivity index (χ1) is 12.3. The number of hydrogen-bond acceptors (Lipinski definition) is 5. The Kier molecular flexibility index (Phi) is 12.7. The second-order valence-electron chi connectivity index (χ2n) is 6.23. The number of rotatable bonds is 10. The number of aliphatic hydroxyl groups excluding tert-OH is 1. The maximum atomic E-state index is 9.41. The highest BCUT2D eigenvalue weighted by atomic mass is 127. The van der Waals surface area contributed by atoms with Gasteiger partial charge in [0.05, 0.1) is 32.1 Å². The molecule has 1 fully saturated rings. The first kappa shape index (κ1) is 23.2. The van der Waals surface area contributed by atoms with E-state index in [-0.39, 0.29) is 36.6 Å². The third kappa shape index (κ3) is 9.20. The van der Waals surface area contributed by atoms with Crippen molar-refractivity contribution in [1.82, 2.24) is 15.5 Å². The van der Waals surface area contributed by atoms with Gasteiger partial charge in [0.1, 0.15) is 5.76 Å². The van der Waals surface area contributed by atoms with Gasteiger partial charge in [-0.1, -0.05) is 6.92 Å². The van der Waals surface area contributed by atoms with Crippen LogP contribution in [-0.4, -0.2) is 74.6 Å². The molecule has 2 rings (SSSR count). The zero-order chi connectivity index (χ0) is 17.7. The lowest BCUT2D eigenvalue weighted by atomic mass is 10.2. The normalized spacial score (nSPS) is 16.8. The van der Waals surface area contributed by atoms with Crippen LogP contribution in [0.2, 0.25) is 0 Å². The van der Waals surface area contributed by atoms with Gasteiger partial charge in [-0.3, -0.25) is 9.89 Å². The fourth-order valence-electron chi connectivity index (χ4n) is 2.69. The van der Waals surface area contributed by atoms with E-state index in [1.165, 1.54) is 0 Å². The summed E-state index contributed by atoms with van der Waals surface area (Å²) in [6, 6.07) is 3.89. The van der Waals surface area contributed by atoms with Crippen molar-refractivity contribution in [2.75, 3.05) is 52.5 Å². The number of morpholine rings is 1. The van der Waals surface area contributed by atoms with Crippen molar-refractivity contribution < 1.29 is 14.3 Å². The van der Waals surface area contributed by atoms with Crippen LogP contribution in [0.1, 0.15) is 25.5 Å². The van der Waals surface area contributed by atoms with Crippen LogP contribution in [0.3, 0.4) is 0 Å². The molecule has 1 atom stereocenters. The van der Waals surface area contributed by atoms with Gasteiger partial charge in [-0.25, -0.2) is 0 Å². The second kappa shape index (κ2) is 14.2. The molecule has 1 aromatic heterocycles. The van der Waals surface area contributed by atoms with Crippen LogP contribution >= 0.6 is 24.0 Å². The molecule has 0 unspecified atom stereocenters. The van der Waals surface area contributed by atoms with Gasteiger partial charge in [-0.2, -0.15) is 0 Å². The van der Waals surface area contributed by atoms with Crippen LogP contribution in [0.5, 0.6) is 0 Å². The standard InChI is InChI=1S/C18H32N4O3.HI/c1-2-16(15-23)21-18(20-8-6-17-5-3-12-25-17)19-7-4-9-22-10-13-24-14-11-22;/h3,5,12,16,23H,2,4,6-11,13-15H2,1H3,(H2,19,20,21);1H/t16-;/m1./s1. The minimum atomic E-state index is 0. The quantitative estimate of drug-likeness (QED) is 0.204. The monoisotopic (exact) mass is 480 g/mol. The Morgan fingerprint density at radius 2 is 2.19 bits per heavy atom. The summed E-state index contributed by atoms with van der Waals surface area (Å²) >= 11 is 0. The van der Waals surface area contributed by atoms with E-state index in [2.05, 4.69) is 20.5 Å². The molecule has 7 nitrogen and oxygen atoms in total. The predicted molar refractivity (Wildman–Crippen MR) is 114 cm³/mol. The highest BCUT2D eigenvalue weighted by Crippen LogP contribution is 2.00. The van der Waals surface area contributed by atoms with Gasteiger partial charge < -0.3 is 24.9 Å². The topological polar surface area (TPSA) is 82.3 Å². The summed E-state index contributed by atoms with van der Waals surface area (Å²) in [5, 5.41) is 16.0. The van der Waals surface area contributed by atoms with E-state index in [0.717, 1.165) is 76.9 Å².